The van der Waals surface area contributed by atoms with Crippen molar-refractivity contribution in [2.45, 2.75) is 70.5 Å². The standard InChI is InChI=1S/C22H32O3/c1-2-20-21(25-20)18-16-14-12-10-8-6-4-3-5-7-9-11-13-15-17-19-22(23)24/h3-4,7-10,13-16,20-21H,2,5-6,11-12,17-19H2,1H3,(H,23,24)/t20-,21+/m1/s1. The quantitative estimate of drug-likeness (QED) is 0.322. The van der Waals surface area contributed by atoms with Crippen LogP contribution >= 0.6 is 0 Å². The molecule has 0 aromatic heterocycles. The fourth-order valence-corrected chi connectivity index (χ4v) is 2.38. The average Bonchev–Trinajstić information content (AvgIpc) is 3.36. The normalized spacial score (nSPS) is 20.8. The summed E-state index contributed by atoms with van der Waals surface area (Å²) in [4.78, 5) is 10.3. The van der Waals surface area contributed by atoms with Crippen molar-refractivity contribution in [3.63, 3.8) is 0 Å². The van der Waals surface area contributed by atoms with Gasteiger partial charge >= 0.3 is 5.97 Å². The molecule has 0 aromatic carbocycles. The molecule has 138 valence electrons. The van der Waals surface area contributed by atoms with Gasteiger partial charge in [0, 0.05) is 6.42 Å². The van der Waals surface area contributed by atoms with E-state index in [0.717, 1.165) is 38.5 Å². The minimum Gasteiger partial charge on any atom is -0.481 e. The number of epoxide rings is 1. The second-order valence-corrected chi connectivity index (χ2v) is 6.09. The van der Waals surface area contributed by atoms with E-state index < -0.39 is 5.97 Å². The lowest BCUT2D eigenvalue weighted by Crippen LogP contribution is -1.91. The van der Waals surface area contributed by atoms with Crippen LogP contribution in [0.2, 0.25) is 0 Å². The third-order valence-electron chi connectivity index (χ3n) is 3.91. The number of carbonyl (C=O) groups is 1. The molecule has 0 bridgehead atoms. The van der Waals surface area contributed by atoms with Crippen LogP contribution < -0.4 is 0 Å². The van der Waals surface area contributed by atoms with Crippen molar-refractivity contribution >= 4 is 5.97 Å². The summed E-state index contributed by atoms with van der Waals surface area (Å²) in [6, 6.07) is 0. The number of aliphatic carboxylic acids is 1. The molecule has 1 aliphatic heterocycles. The highest BCUT2D eigenvalue weighted by Crippen LogP contribution is 2.28. The van der Waals surface area contributed by atoms with E-state index in [2.05, 4.69) is 55.5 Å². The van der Waals surface area contributed by atoms with E-state index in [-0.39, 0.29) is 6.42 Å². The molecule has 1 fully saturated rings. The molecule has 1 heterocycles. The van der Waals surface area contributed by atoms with Gasteiger partial charge in [0.15, 0.2) is 0 Å². The van der Waals surface area contributed by atoms with Crippen molar-refractivity contribution in [3.8, 4) is 0 Å². The highest BCUT2D eigenvalue weighted by Gasteiger charge is 2.35. The van der Waals surface area contributed by atoms with Gasteiger partial charge in [-0.2, -0.15) is 0 Å². The highest BCUT2D eigenvalue weighted by molar-refractivity contribution is 5.66. The summed E-state index contributed by atoms with van der Waals surface area (Å²) in [7, 11) is 0. The highest BCUT2D eigenvalue weighted by atomic mass is 16.6. The first-order valence-electron chi connectivity index (χ1n) is 9.36. The van der Waals surface area contributed by atoms with Crippen molar-refractivity contribution in [2.75, 3.05) is 0 Å². The van der Waals surface area contributed by atoms with Crippen molar-refractivity contribution in [3.05, 3.63) is 60.8 Å². The predicted molar refractivity (Wildman–Crippen MR) is 105 cm³/mol. The molecule has 3 heteroatoms. The van der Waals surface area contributed by atoms with E-state index in [0.29, 0.717) is 18.6 Å². The molecular formula is C22H32O3. The molecule has 0 unspecified atom stereocenters. The van der Waals surface area contributed by atoms with Crippen molar-refractivity contribution in [2.24, 2.45) is 0 Å². The molecular weight excluding hydrogens is 312 g/mol. The lowest BCUT2D eigenvalue weighted by atomic mass is 10.2. The minimum absolute atomic E-state index is 0.209. The first-order chi connectivity index (χ1) is 12.2. The number of carboxylic acids is 1. The van der Waals surface area contributed by atoms with Crippen LogP contribution in [0.25, 0.3) is 0 Å². The zero-order valence-electron chi connectivity index (χ0n) is 15.3. The molecule has 25 heavy (non-hydrogen) atoms. The Morgan fingerprint density at radius 1 is 0.800 bits per heavy atom. The van der Waals surface area contributed by atoms with Crippen LogP contribution in [0.4, 0.5) is 0 Å². The Bertz CT molecular complexity index is 497. The molecule has 3 nitrogen and oxygen atoms in total. The largest absolute Gasteiger partial charge is 0.481 e. The van der Waals surface area contributed by atoms with Crippen LogP contribution in [-0.2, 0) is 9.53 Å². The van der Waals surface area contributed by atoms with Crippen LogP contribution in [0.3, 0.4) is 0 Å². The maximum absolute atomic E-state index is 10.3. The predicted octanol–water partition coefficient (Wildman–Crippen LogP) is 5.76. The summed E-state index contributed by atoms with van der Waals surface area (Å²) in [6.45, 7) is 2.17. The molecule has 1 saturated heterocycles. The van der Waals surface area contributed by atoms with Crippen LogP contribution in [0.15, 0.2) is 60.8 Å². The first-order valence-corrected chi connectivity index (χ1v) is 9.36. The Hall–Kier alpha value is -1.87. The summed E-state index contributed by atoms with van der Waals surface area (Å²) in [5, 5.41) is 8.50. The van der Waals surface area contributed by atoms with E-state index in [1.807, 2.05) is 12.2 Å². The molecule has 0 spiro atoms. The zero-order chi connectivity index (χ0) is 18.2. The Morgan fingerprint density at radius 2 is 1.28 bits per heavy atom. The second kappa shape index (κ2) is 14.5. The van der Waals surface area contributed by atoms with Gasteiger partial charge in [-0.05, 0) is 44.9 Å². The molecule has 1 N–H and O–H groups in total. The van der Waals surface area contributed by atoms with Gasteiger partial charge in [-0.1, -0.05) is 67.7 Å². The fourth-order valence-electron chi connectivity index (χ4n) is 2.38. The molecule has 1 rings (SSSR count). The van der Waals surface area contributed by atoms with Gasteiger partial charge in [0.05, 0.1) is 12.2 Å². The lowest BCUT2D eigenvalue weighted by Gasteiger charge is -1.87. The Morgan fingerprint density at radius 3 is 1.72 bits per heavy atom. The van der Waals surface area contributed by atoms with E-state index in [1.54, 1.807) is 0 Å². The summed E-state index contributed by atoms with van der Waals surface area (Å²) in [5.74, 6) is -0.742. The van der Waals surface area contributed by atoms with Crippen LogP contribution in [0.5, 0.6) is 0 Å². The molecule has 0 saturated carbocycles. The number of hydrogen-bond acceptors (Lipinski definition) is 2. The molecule has 0 aromatic rings. The number of rotatable bonds is 14. The monoisotopic (exact) mass is 344 g/mol. The third-order valence-corrected chi connectivity index (χ3v) is 3.91. The van der Waals surface area contributed by atoms with Crippen LogP contribution in [0, 0.1) is 0 Å². The van der Waals surface area contributed by atoms with Gasteiger partial charge in [0.25, 0.3) is 0 Å². The number of carboxylic acid groups (broad SMARTS) is 1. The number of ether oxygens (including phenoxy) is 1. The van der Waals surface area contributed by atoms with Crippen molar-refractivity contribution < 1.29 is 14.6 Å². The Kier molecular flexibility index (Phi) is 12.3. The number of allylic oxidation sites excluding steroid dienone is 9. The molecule has 0 amide bonds. The van der Waals surface area contributed by atoms with Gasteiger partial charge in [-0.25, -0.2) is 0 Å². The third kappa shape index (κ3) is 13.1. The maximum atomic E-state index is 10.3. The smallest absolute Gasteiger partial charge is 0.303 e. The second-order valence-electron chi connectivity index (χ2n) is 6.09. The van der Waals surface area contributed by atoms with Gasteiger partial charge in [-0.3, -0.25) is 4.79 Å². The molecule has 1 aliphatic rings. The molecule has 0 radical (unpaired) electrons. The van der Waals surface area contributed by atoms with E-state index in [4.69, 9.17) is 9.84 Å². The van der Waals surface area contributed by atoms with Gasteiger partial charge in [0.2, 0.25) is 0 Å². The first kappa shape index (κ1) is 21.2. The minimum atomic E-state index is -0.742. The Balaban J connectivity index is 1.91. The summed E-state index contributed by atoms with van der Waals surface area (Å²) < 4.78 is 5.49. The van der Waals surface area contributed by atoms with Gasteiger partial charge < -0.3 is 9.84 Å². The van der Waals surface area contributed by atoms with Gasteiger partial charge in [0.1, 0.15) is 0 Å². The zero-order valence-corrected chi connectivity index (χ0v) is 15.3. The topological polar surface area (TPSA) is 49.8 Å². The summed E-state index contributed by atoms with van der Waals surface area (Å²) >= 11 is 0. The molecule has 0 aliphatic carbocycles. The Labute approximate surface area is 152 Å². The fraction of sp³-hybridized carbons (Fsp3) is 0.500. The number of hydrogen-bond donors (Lipinski definition) is 1. The van der Waals surface area contributed by atoms with Crippen LogP contribution in [-0.4, -0.2) is 23.3 Å². The van der Waals surface area contributed by atoms with Crippen molar-refractivity contribution in [1.29, 1.82) is 0 Å². The maximum Gasteiger partial charge on any atom is 0.303 e. The van der Waals surface area contributed by atoms with E-state index in [1.165, 1.54) is 0 Å². The SMILES string of the molecule is CC[C@H]1O[C@H]1CC=CCC=CCC=CCC=CCC=CCCC(=O)O. The lowest BCUT2D eigenvalue weighted by molar-refractivity contribution is -0.136. The van der Waals surface area contributed by atoms with E-state index >= 15 is 0 Å². The summed E-state index contributed by atoms with van der Waals surface area (Å²) in [5.41, 5.74) is 0. The van der Waals surface area contributed by atoms with Gasteiger partial charge in [-0.15, -0.1) is 0 Å². The average molecular weight is 344 g/mol. The molecule has 2 atom stereocenters. The summed E-state index contributed by atoms with van der Waals surface area (Å²) in [6.07, 6.45) is 29.1. The van der Waals surface area contributed by atoms with E-state index in [9.17, 15) is 4.79 Å². The van der Waals surface area contributed by atoms with Crippen molar-refractivity contribution in [1.82, 2.24) is 0 Å². The van der Waals surface area contributed by atoms with Crippen LogP contribution in [0.1, 0.15) is 58.3 Å².